The number of aromatic nitrogens is 2. The van der Waals surface area contributed by atoms with E-state index in [0.717, 1.165) is 49.3 Å². The Balaban J connectivity index is 1.60. The number of aromatic amines is 1. The van der Waals surface area contributed by atoms with Crippen LogP contribution in [0.15, 0.2) is 24.3 Å². The number of nitrogens with one attached hydrogen (secondary N) is 2. The molecule has 1 aliphatic rings. The largest absolute Gasteiger partial charge is 0.359 e. The number of imidazole rings is 1. The Morgan fingerprint density at radius 3 is 2.85 bits per heavy atom. The number of fused-ring (bicyclic) bond motifs is 1. The molecular weight excluding hydrogens is 252 g/mol. The van der Waals surface area contributed by atoms with Crippen LogP contribution in [-0.2, 0) is 11.3 Å². The second-order valence-corrected chi connectivity index (χ2v) is 5.37. The summed E-state index contributed by atoms with van der Waals surface area (Å²) in [7, 11) is 1.71. The van der Waals surface area contributed by atoms with Gasteiger partial charge < -0.3 is 10.3 Å². The van der Waals surface area contributed by atoms with Crippen LogP contribution in [0.2, 0.25) is 0 Å². The highest BCUT2D eigenvalue weighted by molar-refractivity contribution is 5.78. The van der Waals surface area contributed by atoms with Crippen molar-refractivity contribution >= 4 is 16.9 Å². The summed E-state index contributed by atoms with van der Waals surface area (Å²) >= 11 is 0. The summed E-state index contributed by atoms with van der Waals surface area (Å²) in [5.41, 5.74) is 2.10. The molecule has 1 aromatic carbocycles. The first-order chi connectivity index (χ1) is 9.76. The molecule has 0 aliphatic carbocycles. The summed E-state index contributed by atoms with van der Waals surface area (Å²) in [5.74, 6) is 1.35. The van der Waals surface area contributed by atoms with Gasteiger partial charge in [-0.2, -0.15) is 0 Å². The molecular formula is C15H20N4O. The first kappa shape index (κ1) is 13.1. The number of hydrogen-bond acceptors (Lipinski definition) is 3. The van der Waals surface area contributed by atoms with Crippen molar-refractivity contribution < 1.29 is 4.79 Å². The fourth-order valence-electron chi connectivity index (χ4n) is 2.85. The Kier molecular flexibility index (Phi) is 3.69. The Labute approximate surface area is 118 Å². The molecule has 0 bridgehead atoms. The van der Waals surface area contributed by atoms with E-state index in [2.05, 4.69) is 20.2 Å². The first-order valence-corrected chi connectivity index (χ1v) is 7.14. The van der Waals surface area contributed by atoms with Gasteiger partial charge in [-0.15, -0.1) is 0 Å². The van der Waals surface area contributed by atoms with E-state index in [1.54, 1.807) is 7.05 Å². The van der Waals surface area contributed by atoms with Gasteiger partial charge in [0.2, 0.25) is 5.91 Å². The number of hydrogen-bond donors (Lipinski definition) is 2. The lowest BCUT2D eigenvalue weighted by Gasteiger charge is -2.30. The maximum atomic E-state index is 11.6. The summed E-state index contributed by atoms with van der Waals surface area (Å²) in [5, 5.41) is 2.74. The van der Waals surface area contributed by atoms with Crippen LogP contribution in [-0.4, -0.2) is 40.9 Å². The molecule has 3 rings (SSSR count). The summed E-state index contributed by atoms with van der Waals surface area (Å²) in [6, 6.07) is 8.08. The van der Waals surface area contributed by atoms with Crippen LogP contribution in [0.3, 0.4) is 0 Å². The number of H-pyrrole nitrogens is 1. The molecule has 1 saturated heterocycles. The topological polar surface area (TPSA) is 61.0 Å². The molecule has 0 unspecified atom stereocenters. The SMILES string of the molecule is CNC(=O)C1CCN(Cc2nc3ccccc3[nH]2)CC1. The quantitative estimate of drug-likeness (QED) is 0.890. The van der Waals surface area contributed by atoms with Crippen molar-refractivity contribution in [3.63, 3.8) is 0 Å². The Bertz CT molecular complexity index is 566. The van der Waals surface area contributed by atoms with E-state index < -0.39 is 0 Å². The molecule has 1 aliphatic heterocycles. The van der Waals surface area contributed by atoms with Crippen molar-refractivity contribution in [2.45, 2.75) is 19.4 Å². The van der Waals surface area contributed by atoms with Gasteiger partial charge in [-0.05, 0) is 38.1 Å². The summed E-state index contributed by atoms with van der Waals surface area (Å²) in [6.45, 7) is 2.74. The highest BCUT2D eigenvalue weighted by Crippen LogP contribution is 2.19. The van der Waals surface area contributed by atoms with Gasteiger partial charge in [-0.3, -0.25) is 9.69 Å². The molecule has 0 spiro atoms. The van der Waals surface area contributed by atoms with Crippen molar-refractivity contribution in [1.29, 1.82) is 0 Å². The average molecular weight is 272 g/mol. The molecule has 2 N–H and O–H groups in total. The number of para-hydroxylation sites is 2. The third-order valence-corrected chi connectivity index (χ3v) is 4.02. The number of amides is 1. The molecule has 0 atom stereocenters. The second kappa shape index (κ2) is 5.63. The normalized spacial score (nSPS) is 17.4. The maximum Gasteiger partial charge on any atom is 0.222 e. The number of carbonyl (C=O) groups is 1. The van der Waals surface area contributed by atoms with Crippen LogP contribution in [0.4, 0.5) is 0 Å². The third-order valence-electron chi connectivity index (χ3n) is 4.02. The predicted octanol–water partition coefficient (Wildman–Crippen LogP) is 1.52. The maximum absolute atomic E-state index is 11.6. The van der Waals surface area contributed by atoms with Gasteiger partial charge in [-0.1, -0.05) is 12.1 Å². The molecule has 106 valence electrons. The lowest BCUT2D eigenvalue weighted by Crippen LogP contribution is -2.39. The van der Waals surface area contributed by atoms with Crippen LogP contribution in [0.5, 0.6) is 0 Å². The fourth-order valence-corrected chi connectivity index (χ4v) is 2.85. The number of rotatable bonds is 3. The number of likely N-dealkylation sites (tertiary alicyclic amines) is 1. The zero-order valence-electron chi connectivity index (χ0n) is 11.7. The minimum Gasteiger partial charge on any atom is -0.359 e. The van der Waals surface area contributed by atoms with Gasteiger partial charge in [0.1, 0.15) is 5.82 Å². The Hall–Kier alpha value is -1.88. The van der Waals surface area contributed by atoms with E-state index in [-0.39, 0.29) is 11.8 Å². The predicted molar refractivity (Wildman–Crippen MR) is 78.2 cm³/mol. The monoisotopic (exact) mass is 272 g/mol. The molecule has 5 nitrogen and oxygen atoms in total. The van der Waals surface area contributed by atoms with Crippen molar-refractivity contribution in [2.75, 3.05) is 20.1 Å². The van der Waals surface area contributed by atoms with Crippen LogP contribution in [0, 0.1) is 5.92 Å². The fraction of sp³-hybridized carbons (Fsp3) is 0.467. The summed E-state index contributed by atoms with van der Waals surface area (Å²) in [4.78, 5) is 21.9. The highest BCUT2D eigenvalue weighted by atomic mass is 16.1. The second-order valence-electron chi connectivity index (χ2n) is 5.37. The van der Waals surface area contributed by atoms with E-state index in [0.29, 0.717) is 0 Å². The molecule has 2 heterocycles. The van der Waals surface area contributed by atoms with E-state index in [9.17, 15) is 4.79 Å². The molecule has 1 amide bonds. The van der Waals surface area contributed by atoms with Gasteiger partial charge in [0.05, 0.1) is 17.6 Å². The zero-order chi connectivity index (χ0) is 13.9. The van der Waals surface area contributed by atoms with Gasteiger partial charge in [0, 0.05) is 13.0 Å². The van der Waals surface area contributed by atoms with Crippen LogP contribution in [0.25, 0.3) is 11.0 Å². The van der Waals surface area contributed by atoms with Crippen LogP contribution in [0.1, 0.15) is 18.7 Å². The standard InChI is InChI=1S/C15H20N4O/c1-16-15(20)11-6-8-19(9-7-11)10-14-17-12-4-2-3-5-13(12)18-14/h2-5,11H,6-10H2,1H3,(H,16,20)(H,17,18). The lowest BCUT2D eigenvalue weighted by molar-refractivity contribution is -0.125. The smallest absolute Gasteiger partial charge is 0.222 e. The average Bonchev–Trinajstić information content (AvgIpc) is 2.89. The summed E-state index contributed by atoms with van der Waals surface area (Å²) in [6.07, 6.45) is 1.86. The van der Waals surface area contributed by atoms with Crippen LogP contribution >= 0.6 is 0 Å². The van der Waals surface area contributed by atoms with Gasteiger partial charge in [0.15, 0.2) is 0 Å². The van der Waals surface area contributed by atoms with Crippen molar-refractivity contribution in [2.24, 2.45) is 5.92 Å². The third kappa shape index (κ3) is 2.67. The molecule has 5 heteroatoms. The Morgan fingerprint density at radius 1 is 1.40 bits per heavy atom. The first-order valence-electron chi connectivity index (χ1n) is 7.14. The number of carbonyl (C=O) groups excluding carboxylic acids is 1. The van der Waals surface area contributed by atoms with Gasteiger partial charge in [-0.25, -0.2) is 4.98 Å². The molecule has 1 aromatic heterocycles. The molecule has 2 aromatic rings. The van der Waals surface area contributed by atoms with E-state index in [1.165, 1.54) is 0 Å². The highest BCUT2D eigenvalue weighted by Gasteiger charge is 2.24. The van der Waals surface area contributed by atoms with Crippen molar-refractivity contribution in [3.05, 3.63) is 30.1 Å². The number of benzene rings is 1. The molecule has 20 heavy (non-hydrogen) atoms. The van der Waals surface area contributed by atoms with Crippen LogP contribution < -0.4 is 5.32 Å². The minimum atomic E-state index is 0.173. The van der Waals surface area contributed by atoms with Crippen molar-refractivity contribution in [3.8, 4) is 0 Å². The van der Waals surface area contributed by atoms with E-state index in [4.69, 9.17) is 0 Å². The molecule has 1 fully saturated rings. The molecule has 0 radical (unpaired) electrons. The molecule has 0 saturated carbocycles. The van der Waals surface area contributed by atoms with Gasteiger partial charge >= 0.3 is 0 Å². The van der Waals surface area contributed by atoms with E-state index in [1.807, 2.05) is 24.3 Å². The van der Waals surface area contributed by atoms with Gasteiger partial charge in [0.25, 0.3) is 0 Å². The Morgan fingerprint density at radius 2 is 2.15 bits per heavy atom. The lowest BCUT2D eigenvalue weighted by atomic mass is 9.96. The summed E-state index contributed by atoms with van der Waals surface area (Å²) < 4.78 is 0. The number of nitrogens with zero attached hydrogens (tertiary/aromatic N) is 2. The minimum absolute atomic E-state index is 0.173. The van der Waals surface area contributed by atoms with E-state index >= 15 is 0 Å². The number of piperidine rings is 1. The zero-order valence-corrected chi connectivity index (χ0v) is 11.7. The van der Waals surface area contributed by atoms with Crippen molar-refractivity contribution in [1.82, 2.24) is 20.2 Å².